The fraction of sp³-hybridized carbons (Fsp3) is 0.273. The van der Waals surface area contributed by atoms with Crippen LogP contribution >= 0.6 is 0 Å². The van der Waals surface area contributed by atoms with E-state index in [2.05, 4.69) is 45.6 Å². The molecule has 128 valence electrons. The van der Waals surface area contributed by atoms with Crippen molar-refractivity contribution in [2.75, 3.05) is 11.9 Å². The van der Waals surface area contributed by atoms with Crippen LogP contribution in [0.5, 0.6) is 0 Å². The molecule has 0 saturated carbocycles. The summed E-state index contributed by atoms with van der Waals surface area (Å²) in [4.78, 5) is 12.8. The fourth-order valence-corrected chi connectivity index (χ4v) is 4.76. The van der Waals surface area contributed by atoms with Gasteiger partial charge >= 0.3 is 0 Å². The molecule has 2 N–H and O–H groups in total. The largest absolute Gasteiger partial charge is 0.384 e. The minimum Gasteiger partial charge on any atom is -0.384 e. The molecule has 0 spiro atoms. The molecular formula is C22H20N4. The predicted molar refractivity (Wildman–Crippen MR) is 106 cm³/mol. The molecule has 1 aliphatic carbocycles. The number of aromatic amines is 1. The van der Waals surface area contributed by atoms with Gasteiger partial charge in [0.05, 0.1) is 28.6 Å². The van der Waals surface area contributed by atoms with Crippen LogP contribution in [0.15, 0.2) is 36.7 Å². The second-order valence-corrected chi connectivity index (χ2v) is 7.42. The average molecular weight is 340 g/mol. The van der Waals surface area contributed by atoms with E-state index >= 15 is 0 Å². The van der Waals surface area contributed by atoms with Crippen molar-refractivity contribution in [2.45, 2.75) is 32.1 Å². The maximum atomic E-state index is 5.16. The van der Waals surface area contributed by atoms with Crippen molar-refractivity contribution in [1.82, 2.24) is 15.0 Å². The lowest BCUT2D eigenvalue weighted by atomic mass is 9.84. The quantitative estimate of drug-likeness (QED) is 0.531. The first-order valence-corrected chi connectivity index (χ1v) is 9.53. The zero-order valence-corrected chi connectivity index (χ0v) is 14.6. The number of aromatic nitrogens is 3. The third kappa shape index (κ3) is 1.96. The summed E-state index contributed by atoms with van der Waals surface area (Å²) in [6, 6.07) is 10.9. The molecule has 2 aromatic heterocycles. The minimum atomic E-state index is 1.01. The standard InChI is InChI=1S/C22H20N4/c1-2-4-15-14(3-1)21-16-9-10-23-17(16)7-8-19(21)26-22(15)13-5-6-18-20(11-13)25-12-24-18/h5-8,11-12,23H,1-4,9-10H2,(H,24,25). The van der Waals surface area contributed by atoms with Crippen LogP contribution in [0.3, 0.4) is 0 Å². The maximum Gasteiger partial charge on any atom is 0.0931 e. The molecule has 0 saturated heterocycles. The summed E-state index contributed by atoms with van der Waals surface area (Å²) in [6.45, 7) is 1.04. The van der Waals surface area contributed by atoms with Gasteiger partial charge in [0, 0.05) is 23.2 Å². The Kier molecular flexibility index (Phi) is 2.92. The Morgan fingerprint density at radius 3 is 2.73 bits per heavy atom. The molecule has 4 heteroatoms. The topological polar surface area (TPSA) is 53.6 Å². The highest BCUT2D eigenvalue weighted by Gasteiger charge is 2.23. The van der Waals surface area contributed by atoms with Gasteiger partial charge in [0.15, 0.2) is 0 Å². The second-order valence-electron chi connectivity index (χ2n) is 7.42. The van der Waals surface area contributed by atoms with E-state index < -0.39 is 0 Å². The zero-order valence-electron chi connectivity index (χ0n) is 14.6. The molecule has 0 amide bonds. The molecule has 6 rings (SSSR count). The summed E-state index contributed by atoms with van der Waals surface area (Å²) in [7, 11) is 0. The molecule has 4 nitrogen and oxygen atoms in total. The number of hydrogen-bond acceptors (Lipinski definition) is 3. The lowest BCUT2D eigenvalue weighted by Crippen LogP contribution is -2.08. The molecule has 1 aliphatic heterocycles. The van der Waals surface area contributed by atoms with E-state index in [1.165, 1.54) is 47.0 Å². The number of anilines is 1. The average Bonchev–Trinajstić information content (AvgIpc) is 3.35. The summed E-state index contributed by atoms with van der Waals surface area (Å²) in [5, 5.41) is 4.95. The molecule has 26 heavy (non-hydrogen) atoms. The maximum absolute atomic E-state index is 5.16. The molecular weight excluding hydrogens is 320 g/mol. The van der Waals surface area contributed by atoms with Crippen molar-refractivity contribution in [1.29, 1.82) is 0 Å². The van der Waals surface area contributed by atoms with E-state index in [9.17, 15) is 0 Å². The molecule has 0 radical (unpaired) electrons. The third-order valence-electron chi connectivity index (χ3n) is 5.96. The summed E-state index contributed by atoms with van der Waals surface area (Å²) < 4.78 is 0. The third-order valence-corrected chi connectivity index (χ3v) is 5.96. The molecule has 0 unspecified atom stereocenters. The van der Waals surface area contributed by atoms with Crippen molar-refractivity contribution in [2.24, 2.45) is 0 Å². The van der Waals surface area contributed by atoms with Gasteiger partial charge in [-0.2, -0.15) is 0 Å². The monoisotopic (exact) mass is 340 g/mol. The number of fused-ring (bicyclic) bond motifs is 6. The SMILES string of the molecule is c1nc2cc(-c3nc4ccc5c(c4c4c3CCCC4)CCN5)ccc2[nH]1. The van der Waals surface area contributed by atoms with E-state index in [1.54, 1.807) is 11.9 Å². The van der Waals surface area contributed by atoms with Gasteiger partial charge in [-0.25, -0.2) is 9.97 Å². The number of rotatable bonds is 1. The number of pyridine rings is 1. The van der Waals surface area contributed by atoms with E-state index in [0.717, 1.165) is 41.6 Å². The number of benzene rings is 2. The van der Waals surface area contributed by atoms with E-state index in [-0.39, 0.29) is 0 Å². The van der Waals surface area contributed by atoms with Gasteiger partial charge in [-0.05, 0) is 73.1 Å². The van der Waals surface area contributed by atoms with E-state index in [1.807, 2.05) is 0 Å². The van der Waals surface area contributed by atoms with Gasteiger partial charge in [-0.1, -0.05) is 6.07 Å². The molecule has 2 aromatic carbocycles. The Hall–Kier alpha value is -2.88. The Balaban J connectivity index is 1.67. The Labute approximate surface area is 151 Å². The lowest BCUT2D eigenvalue weighted by Gasteiger charge is -2.22. The van der Waals surface area contributed by atoms with Crippen LogP contribution < -0.4 is 5.32 Å². The Morgan fingerprint density at radius 2 is 1.77 bits per heavy atom. The van der Waals surface area contributed by atoms with Crippen molar-refractivity contribution in [3.8, 4) is 11.3 Å². The van der Waals surface area contributed by atoms with E-state index in [0.29, 0.717) is 0 Å². The van der Waals surface area contributed by atoms with Gasteiger partial charge in [-0.3, -0.25) is 0 Å². The molecule has 3 heterocycles. The van der Waals surface area contributed by atoms with Gasteiger partial charge in [-0.15, -0.1) is 0 Å². The number of nitrogens with zero attached hydrogens (tertiary/aromatic N) is 2. The van der Waals surface area contributed by atoms with Crippen LogP contribution in [-0.2, 0) is 19.3 Å². The normalized spacial score (nSPS) is 15.8. The first-order valence-electron chi connectivity index (χ1n) is 9.53. The van der Waals surface area contributed by atoms with Gasteiger partial charge in [0.25, 0.3) is 0 Å². The predicted octanol–water partition coefficient (Wildman–Crippen LogP) is 4.62. The summed E-state index contributed by atoms with van der Waals surface area (Å²) in [6.07, 6.45) is 7.70. The molecule has 4 aromatic rings. The molecule has 0 bridgehead atoms. The smallest absolute Gasteiger partial charge is 0.0931 e. The minimum absolute atomic E-state index is 1.01. The van der Waals surface area contributed by atoms with Crippen LogP contribution in [0.1, 0.15) is 29.5 Å². The molecule has 0 fully saturated rings. The van der Waals surface area contributed by atoms with Crippen LogP contribution in [-0.4, -0.2) is 21.5 Å². The Bertz CT molecular complexity index is 1170. The van der Waals surface area contributed by atoms with Gasteiger partial charge in [0.2, 0.25) is 0 Å². The summed E-state index contributed by atoms with van der Waals surface area (Å²) in [5.41, 5.74) is 11.3. The highest BCUT2D eigenvalue weighted by Crippen LogP contribution is 2.40. The van der Waals surface area contributed by atoms with Crippen molar-refractivity contribution >= 4 is 27.6 Å². The highest BCUT2D eigenvalue weighted by atomic mass is 14.9. The first kappa shape index (κ1) is 14.3. The van der Waals surface area contributed by atoms with E-state index in [4.69, 9.17) is 4.98 Å². The lowest BCUT2D eigenvalue weighted by molar-refractivity contribution is 0.688. The van der Waals surface area contributed by atoms with Crippen LogP contribution in [0.25, 0.3) is 33.2 Å². The van der Waals surface area contributed by atoms with Crippen molar-refractivity contribution < 1.29 is 0 Å². The Morgan fingerprint density at radius 1 is 0.846 bits per heavy atom. The molecule has 2 aliphatic rings. The van der Waals surface area contributed by atoms with Crippen molar-refractivity contribution in [3.63, 3.8) is 0 Å². The highest BCUT2D eigenvalue weighted by molar-refractivity contribution is 5.95. The van der Waals surface area contributed by atoms with Crippen LogP contribution in [0.4, 0.5) is 5.69 Å². The van der Waals surface area contributed by atoms with Gasteiger partial charge in [0.1, 0.15) is 0 Å². The molecule has 0 atom stereocenters. The van der Waals surface area contributed by atoms with Crippen LogP contribution in [0.2, 0.25) is 0 Å². The number of aryl methyl sites for hydroxylation is 1. The van der Waals surface area contributed by atoms with Crippen LogP contribution in [0, 0.1) is 0 Å². The number of hydrogen-bond donors (Lipinski definition) is 2. The fourth-order valence-electron chi connectivity index (χ4n) is 4.76. The number of imidazole rings is 1. The number of nitrogens with one attached hydrogen (secondary N) is 2. The summed E-state index contributed by atoms with van der Waals surface area (Å²) in [5.74, 6) is 0. The van der Waals surface area contributed by atoms with Crippen molar-refractivity contribution in [3.05, 3.63) is 53.3 Å². The second kappa shape index (κ2) is 5.31. The summed E-state index contributed by atoms with van der Waals surface area (Å²) >= 11 is 0. The first-order chi connectivity index (χ1) is 12.9. The number of H-pyrrole nitrogens is 1. The van der Waals surface area contributed by atoms with Gasteiger partial charge < -0.3 is 10.3 Å². The zero-order chi connectivity index (χ0) is 17.1.